The zero-order valence-electron chi connectivity index (χ0n) is 19.2. The lowest BCUT2D eigenvalue weighted by molar-refractivity contribution is 1.05. The standard InChI is InChI=1S/C24H26N2S.C2H5N.CH5N/c1-17-10-11-22(26-18(2)16-25-27-23-12-13-23)15-21(17)14-20-8-5-7-19-6-3-4-9-24(19)20;1-2-3;1-2/h3-11,15,23,25-26H,2,12-14,16H2,1H3;2H,1,3H2;2H2,1H3. The summed E-state index contributed by atoms with van der Waals surface area (Å²) in [5.41, 5.74) is 15.3. The van der Waals surface area contributed by atoms with Crippen LogP contribution in [-0.4, -0.2) is 18.8 Å². The smallest absolute Gasteiger partial charge is 0.0455 e. The molecule has 0 heterocycles. The Morgan fingerprint density at radius 1 is 1.06 bits per heavy atom. The van der Waals surface area contributed by atoms with Gasteiger partial charge in [-0.15, -0.1) is 0 Å². The second-order valence-electron chi connectivity index (χ2n) is 7.56. The van der Waals surface area contributed by atoms with Crippen LogP contribution < -0.4 is 21.5 Å². The molecule has 1 aliphatic rings. The zero-order chi connectivity index (χ0) is 23.3. The Morgan fingerprint density at radius 3 is 2.47 bits per heavy atom. The van der Waals surface area contributed by atoms with E-state index in [0.717, 1.165) is 29.6 Å². The van der Waals surface area contributed by atoms with Crippen molar-refractivity contribution >= 4 is 28.4 Å². The van der Waals surface area contributed by atoms with Gasteiger partial charge < -0.3 is 16.8 Å². The Kier molecular flexibility index (Phi) is 10.9. The van der Waals surface area contributed by atoms with Gasteiger partial charge in [-0.2, -0.15) is 0 Å². The highest BCUT2D eigenvalue weighted by Crippen LogP contribution is 2.31. The number of aryl methyl sites for hydroxylation is 1. The molecule has 3 aromatic rings. The summed E-state index contributed by atoms with van der Waals surface area (Å²) in [6, 6.07) is 21.8. The summed E-state index contributed by atoms with van der Waals surface area (Å²) >= 11 is 1.84. The van der Waals surface area contributed by atoms with Crippen LogP contribution in [0.25, 0.3) is 10.8 Å². The highest BCUT2D eigenvalue weighted by Gasteiger charge is 2.21. The van der Waals surface area contributed by atoms with E-state index in [-0.39, 0.29) is 0 Å². The van der Waals surface area contributed by atoms with Crippen LogP contribution in [0.15, 0.2) is 85.7 Å². The van der Waals surface area contributed by atoms with Gasteiger partial charge in [0.25, 0.3) is 0 Å². The van der Waals surface area contributed by atoms with E-state index >= 15 is 0 Å². The molecule has 0 aliphatic heterocycles. The molecule has 4 nitrogen and oxygen atoms in total. The highest BCUT2D eigenvalue weighted by molar-refractivity contribution is 7.98. The van der Waals surface area contributed by atoms with Crippen LogP contribution in [-0.2, 0) is 6.42 Å². The van der Waals surface area contributed by atoms with E-state index in [1.165, 1.54) is 53.6 Å². The van der Waals surface area contributed by atoms with Crippen molar-refractivity contribution in [3.63, 3.8) is 0 Å². The normalized spacial score (nSPS) is 12.1. The maximum atomic E-state index is 4.61. The topological polar surface area (TPSA) is 76.1 Å². The van der Waals surface area contributed by atoms with Gasteiger partial charge in [0.15, 0.2) is 0 Å². The minimum Gasteiger partial charge on any atom is -0.405 e. The Labute approximate surface area is 197 Å². The number of fused-ring (bicyclic) bond motifs is 1. The summed E-state index contributed by atoms with van der Waals surface area (Å²) < 4.78 is 3.41. The largest absolute Gasteiger partial charge is 0.405 e. The van der Waals surface area contributed by atoms with Crippen LogP contribution in [0.5, 0.6) is 0 Å². The van der Waals surface area contributed by atoms with Gasteiger partial charge >= 0.3 is 0 Å². The molecular formula is C27H36N4S. The Bertz CT molecular complexity index is 1010. The average Bonchev–Trinajstić information content (AvgIpc) is 3.63. The molecule has 5 heteroatoms. The first kappa shape index (κ1) is 25.5. The van der Waals surface area contributed by atoms with Gasteiger partial charge in [0, 0.05) is 23.2 Å². The van der Waals surface area contributed by atoms with Crippen LogP contribution in [0.3, 0.4) is 0 Å². The molecule has 6 N–H and O–H groups in total. The van der Waals surface area contributed by atoms with Crippen molar-refractivity contribution in [2.45, 2.75) is 31.4 Å². The van der Waals surface area contributed by atoms with Crippen molar-refractivity contribution in [2.75, 3.05) is 18.9 Å². The highest BCUT2D eigenvalue weighted by atomic mass is 32.2. The van der Waals surface area contributed by atoms with Gasteiger partial charge in [-0.25, -0.2) is 0 Å². The van der Waals surface area contributed by atoms with Crippen molar-refractivity contribution in [3.05, 3.63) is 102 Å². The van der Waals surface area contributed by atoms with E-state index in [2.05, 4.69) is 102 Å². The maximum Gasteiger partial charge on any atom is 0.0455 e. The van der Waals surface area contributed by atoms with Gasteiger partial charge in [0.2, 0.25) is 0 Å². The van der Waals surface area contributed by atoms with E-state index in [9.17, 15) is 0 Å². The predicted octanol–water partition coefficient (Wildman–Crippen LogP) is 5.73. The number of nitrogens with one attached hydrogen (secondary N) is 2. The van der Waals surface area contributed by atoms with Gasteiger partial charge in [0.05, 0.1) is 0 Å². The summed E-state index contributed by atoms with van der Waals surface area (Å²) in [6.07, 6.45) is 4.87. The SMILES string of the molecule is C=C(CNSC1CC1)Nc1ccc(C)c(Cc2cccc3ccccc23)c1.C=CN.CN. The van der Waals surface area contributed by atoms with Crippen molar-refractivity contribution in [1.29, 1.82) is 0 Å². The first-order chi connectivity index (χ1) is 15.6. The maximum absolute atomic E-state index is 4.61. The van der Waals surface area contributed by atoms with Gasteiger partial charge in [-0.3, -0.25) is 4.72 Å². The molecule has 1 saturated carbocycles. The Balaban J connectivity index is 0.000000671. The zero-order valence-corrected chi connectivity index (χ0v) is 20.1. The molecule has 0 bridgehead atoms. The number of rotatable bonds is 8. The number of benzene rings is 3. The first-order valence-electron chi connectivity index (χ1n) is 10.9. The number of hydrogen-bond acceptors (Lipinski definition) is 5. The third-order valence-electron chi connectivity index (χ3n) is 4.99. The Morgan fingerprint density at radius 2 is 1.75 bits per heavy atom. The van der Waals surface area contributed by atoms with Crippen molar-refractivity contribution < 1.29 is 0 Å². The number of hydrogen-bond donors (Lipinski definition) is 4. The van der Waals surface area contributed by atoms with E-state index < -0.39 is 0 Å². The fourth-order valence-corrected chi connectivity index (χ4v) is 4.14. The first-order valence-corrected chi connectivity index (χ1v) is 11.8. The average molecular weight is 449 g/mol. The lowest BCUT2D eigenvalue weighted by atomic mass is 9.96. The Hall–Kier alpha value is -2.73. The van der Waals surface area contributed by atoms with Crippen molar-refractivity contribution in [2.24, 2.45) is 11.5 Å². The monoisotopic (exact) mass is 448 g/mol. The molecule has 4 rings (SSSR count). The van der Waals surface area contributed by atoms with Crippen molar-refractivity contribution in [3.8, 4) is 0 Å². The lowest BCUT2D eigenvalue weighted by Gasteiger charge is -2.14. The summed E-state index contributed by atoms with van der Waals surface area (Å²) in [6.45, 7) is 10.3. The van der Waals surface area contributed by atoms with Gasteiger partial charge in [0.1, 0.15) is 0 Å². The fourth-order valence-electron chi connectivity index (χ4n) is 3.27. The second kappa shape index (κ2) is 13.6. The molecule has 0 aromatic heterocycles. The molecule has 0 saturated heterocycles. The number of nitrogens with two attached hydrogens (primary N) is 2. The third-order valence-corrected chi connectivity index (χ3v) is 6.11. The summed E-state index contributed by atoms with van der Waals surface area (Å²) in [4.78, 5) is 0. The molecule has 3 aromatic carbocycles. The summed E-state index contributed by atoms with van der Waals surface area (Å²) in [7, 11) is 1.50. The van der Waals surface area contributed by atoms with Crippen LogP contribution in [0.2, 0.25) is 0 Å². The molecule has 0 atom stereocenters. The molecule has 0 radical (unpaired) electrons. The van der Waals surface area contributed by atoms with E-state index in [4.69, 9.17) is 0 Å². The summed E-state index contributed by atoms with van der Waals surface area (Å²) in [5, 5.41) is 6.90. The molecule has 0 amide bonds. The minimum absolute atomic E-state index is 0.785. The second-order valence-corrected chi connectivity index (χ2v) is 8.75. The van der Waals surface area contributed by atoms with E-state index in [1.807, 2.05) is 11.9 Å². The molecule has 32 heavy (non-hydrogen) atoms. The molecule has 170 valence electrons. The van der Waals surface area contributed by atoms with Crippen LogP contribution in [0, 0.1) is 6.92 Å². The molecule has 1 fully saturated rings. The third kappa shape index (κ3) is 8.08. The van der Waals surface area contributed by atoms with E-state index in [1.54, 1.807) is 0 Å². The predicted molar refractivity (Wildman–Crippen MR) is 144 cm³/mol. The fraction of sp³-hybridized carbons (Fsp3) is 0.259. The molecule has 0 unspecified atom stereocenters. The van der Waals surface area contributed by atoms with Gasteiger partial charge in [-0.1, -0.05) is 73.6 Å². The molecular weight excluding hydrogens is 412 g/mol. The van der Waals surface area contributed by atoms with Crippen LogP contribution in [0.1, 0.15) is 29.5 Å². The minimum atomic E-state index is 0.785. The molecule has 1 aliphatic carbocycles. The summed E-state index contributed by atoms with van der Waals surface area (Å²) in [5.74, 6) is 0. The number of anilines is 1. The van der Waals surface area contributed by atoms with Crippen LogP contribution in [0.4, 0.5) is 5.69 Å². The van der Waals surface area contributed by atoms with Crippen molar-refractivity contribution in [1.82, 2.24) is 4.72 Å². The quantitative estimate of drug-likeness (QED) is 0.331. The van der Waals surface area contributed by atoms with Gasteiger partial charge in [-0.05, 0) is 79.0 Å². The lowest BCUT2D eigenvalue weighted by Crippen LogP contribution is -2.14. The molecule has 0 spiro atoms. The van der Waals surface area contributed by atoms with Crippen LogP contribution >= 0.6 is 11.9 Å². The van der Waals surface area contributed by atoms with E-state index in [0.29, 0.717) is 0 Å².